The Labute approximate surface area is 177 Å². The highest BCUT2D eigenvalue weighted by atomic mass is 35.5. The second-order valence-electron chi connectivity index (χ2n) is 5.98. The van der Waals surface area contributed by atoms with Crippen molar-refractivity contribution in [2.75, 3.05) is 18.4 Å². The average Bonchev–Trinajstić information content (AvgIpc) is 3.04. The molecule has 1 aliphatic heterocycles. The number of thiophene rings is 1. The normalized spacial score (nSPS) is 15.5. The molecule has 0 aromatic carbocycles. The van der Waals surface area contributed by atoms with Crippen molar-refractivity contribution in [3.8, 4) is 11.8 Å². The van der Waals surface area contributed by atoms with Crippen molar-refractivity contribution in [1.82, 2.24) is 15.6 Å². The van der Waals surface area contributed by atoms with Gasteiger partial charge in [0.2, 0.25) is 0 Å². The van der Waals surface area contributed by atoms with Gasteiger partial charge in [-0.05, 0) is 37.6 Å². The fraction of sp³-hybridized carbons (Fsp3) is 0.278. The molecular formula is C18H19Cl2N5O2S. The first kappa shape index (κ1) is 22.0. The van der Waals surface area contributed by atoms with Crippen molar-refractivity contribution in [2.45, 2.75) is 18.9 Å². The van der Waals surface area contributed by atoms with E-state index in [1.807, 2.05) is 0 Å². The van der Waals surface area contributed by atoms with Crippen molar-refractivity contribution in [2.24, 2.45) is 5.73 Å². The Morgan fingerprint density at radius 2 is 2.18 bits per heavy atom. The molecule has 0 radical (unpaired) electrons. The molecule has 148 valence electrons. The van der Waals surface area contributed by atoms with E-state index in [4.69, 9.17) is 17.3 Å². The van der Waals surface area contributed by atoms with Gasteiger partial charge in [-0.1, -0.05) is 23.4 Å². The molecule has 3 rings (SSSR count). The van der Waals surface area contributed by atoms with Crippen LogP contribution in [-0.4, -0.2) is 36.1 Å². The highest BCUT2D eigenvalue weighted by Gasteiger charge is 2.21. The molecule has 5 N–H and O–H groups in total. The van der Waals surface area contributed by atoms with Crippen LogP contribution in [-0.2, 0) is 0 Å². The Morgan fingerprint density at radius 3 is 2.82 bits per heavy atom. The number of amides is 3. The fourth-order valence-corrected chi connectivity index (χ4v) is 3.64. The Balaban J connectivity index is 0.00000280. The molecule has 0 bridgehead atoms. The van der Waals surface area contributed by atoms with Crippen molar-refractivity contribution >= 4 is 53.0 Å². The number of nitrogens with two attached hydrogens (primary N) is 1. The fourth-order valence-electron chi connectivity index (χ4n) is 2.66. The average molecular weight is 440 g/mol. The van der Waals surface area contributed by atoms with Gasteiger partial charge >= 0.3 is 6.03 Å². The van der Waals surface area contributed by atoms with E-state index in [-0.39, 0.29) is 24.4 Å². The zero-order valence-electron chi connectivity index (χ0n) is 14.8. The molecule has 28 heavy (non-hydrogen) atoms. The summed E-state index contributed by atoms with van der Waals surface area (Å²) in [5.41, 5.74) is 6.27. The van der Waals surface area contributed by atoms with E-state index in [0.29, 0.717) is 26.2 Å². The second kappa shape index (κ2) is 10.3. The molecule has 1 fully saturated rings. The van der Waals surface area contributed by atoms with Gasteiger partial charge in [-0.2, -0.15) is 0 Å². The monoisotopic (exact) mass is 439 g/mol. The lowest BCUT2D eigenvalue weighted by Crippen LogP contribution is -2.45. The third kappa shape index (κ3) is 6.11. The Kier molecular flexibility index (Phi) is 8.08. The van der Waals surface area contributed by atoms with Crippen LogP contribution in [0.15, 0.2) is 24.4 Å². The molecule has 3 heterocycles. The Morgan fingerprint density at radius 1 is 1.36 bits per heavy atom. The second-order valence-corrected chi connectivity index (χ2v) is 7.42. The van der Waals surface area contributed by atoms with Gasteiger partial charge < -0.3 is 21.7 Å². The van der Waals surface area contributed by atoms with Crippen LogP contribution in [0.3, 0.4) is 0 Å². The summed E-state index contributed by atoms with van der Waals surface area (Å²) in [6, 6.07) is 4.37. The number of primary amides is 1. The minimum absolute atomic E-state index is 0. The number of carbonyl (C=O) groups excluding carboxylic acids is 2. The molecule has 1 atom stereocenters. The maximum Gasteiger partial charge on any atom is 0.316 e. The van der Waals surface area contributed by atoms with Gasteiger partial charge in [0.1, 0.15) is 10.0 Å². The lowest BCUT2D eigenvalue weighted by atomic mass is 10.1. The number of hydrogen-bond donors (Lipinski definition) is 4. The van der Waals surface area contributed by atoms with Crippen LogP contribution in [0.2, 0.25) is 5.15 Å². The molecule has 10 heteroatoms. The maximum atomic E-state index is 12.6. The van der Waals surface area contributed by atoms with Gasteiger partial charge in [-0.25, -0.2) is 9.78 Å². The van der Waals surface area contributed by atoms with E-state index in [1.165, 1.54) is 11.3 Å². The predicted molar refractivity (Wildman–Crippen MR) is 113 cm³/mol. The number of nitrogens with one attached hydrogen (secondary N) is 3. The zero-order chi connectivity index (χ0) is 19.2. The lowest BCUT2D eigenvalue weighted by Gasteiger charge is -2.23. The first-order valence-corrected chi connectivity index (χ1v) is 9.56. The van der Waals surface area contributed by atoms with Gasteiger partial charge in [-0.15, -0.1) is 23.7 Å². The molecular weight excluding hydrogens is 421 g/mol. The number of rotatable bonds is 3. The Hall–Kier alpha value is -2.31. The number of carbonyl (C=O) groups is 2. The van der Waals surface area contributed by atoms with Crippen LogP contribution in [0.5, 0.6) is 0 Å². The summed E-state index contributed by atoms with van der Waals surface area (Å²) in [6.07, 6.45) is 3.49. The smallest absolute Gasteiger partial charge is 0.316 e. The van der Waals surface area contributed by atoms with Gasteiger partial charge in [0.25, 0.3) is 5.91 Å². The number of urea groups is 1. The summed E-state index contributed by atoms with van der Waals surface area (Å²) in [5.74, 6) is 5.68. The van der Waals surface area contributed by atoms with E-state index in [1.54, 1.807) is 24.4 Å². The predicted octanol–water partition coefficient (Wildman–Crippen LogP) is 2.59. The third-order valence-corrected chi connectivity index (χ3v) is 5.16. The van der Waals surface area contributed by atoms with Crippen LogP contribution in [0.4, 0.5) is 10.5 Å². The third-order valence-electron chi connectivity index (χ3n) is 3.89. The zero-order valence-corrected chi connectivity index (χ0v) is 17.1. The van der Waals surface area contributed by atoms with E-state index in [0.717, 1.165) is 25.9 Å². The first-order valence-electron chi connectivity index (χ1n) is 8.36. The van der Waals surface area contributed by atoms with E-state index in [9.17, 15) is 9.59 Å². The van der Waals surface area contributed by atoms with Gasteiger partial charge in [-0.3, -0.25) is 4.79 Å². The summed E-state index contributed by atoms with van der Waals surface area (Å²) in [4.78, 5) is 28.9. The maximum absolute atomic E-state index is 12.6. The minimum Gasteiger partial charge on any atom is -0.351 e. The summed E-state index contributed by atoms with van der Waals surface area (Å²) >= 11 is 6.96. The summed E-state index contributed by atoms with van der Waals surface area (Å²) < 4.78 is 0. The van der Waals surface area contributed by atoms with Crippen LogP contribution < -0.4 is 21.7 Å². The van der Waals surface area contributed by atoms with Gasteiger partial charge in [0.05, 0.1) is 10.6 Å². The SMILES string of the molecule is Cl.NC(=O)Nc1cc(C#Cc2ccc(Cl)nc2)sc1C(=O)N[C@H]1CCCNC1. The number of hydrogen-bond acceptors (Lipinski definition) is 5. The highest BCUT2D eigenvalue weighted by molar-refractivity contribution is 7.15. The quantitative estimate of drug-likeness (QED) is 0.435. The first-order chi connectivity index (χ1) is 13.0. The largest absolute Gasteiger partial charge is 0.351 e. The summed E-state index contributed by atoms with van der Waals surface area (Å²) in [7, 11) is 0. The lowest BCUT2D eigenvalue weighted by molar-refractivity contribution is 0.0935. The molecule has 2 aromatic rings. The summed E-state index contributed by atoms with van der Waals surface area (Å²) in [6.45, 7) is 1.69. The number of piperidine rings is 1. The molecule has 1 saturated heterocycles. The molecule has 3 amide bonds. The van der Waals surface area contributed by atoms with Crippen LogP contribution in [0.1, 0.15) is 33.0 Å². The molecule has 0 unspecified atom stereocenters. The van der Waals surface area contributed by atoms with Gasteiger partial charge in [0.15, 0.2) is 0 Å². The van der Waals surface area contributed by atoms with Crippen molar-refractivity contribution in [3.63, 3.8) is 0 Å². The standard InChI is InChI=1S/C18H18ClN5O2S.ClH/c19-15-6-4-11(9-22-15)3-5-13-8-14(24-18(20)26)16(27-13)17(25)23-12-2-1-7-21-10-12;/h4,6,8-9,12,21H,1-2,7,10H2,(H,23,25)(H3,20,24,26);1H/t12-;/m0./s1. The van der Waals surface area contributed by atoms with E-state index in [2.05, 4.69) is 32.8 Å². The van der Waals surface area contributed by atoms with Crippen molar-refractivity contribution in [3.05, 3.63) is 44.9 Å². The highest BCUT2D eigenvalue weighted by Crippen LogP contribution is 2.27. The van der Waals surface area contributed by atoms with Gasteiger partial charge in [0, 0.05) is 24.3 Å². The molecule has 1 aliphatic rings. The molecule has 7 nitrogen and oxygen atoms in total. The van der Waals surface area contributed by atoms with Crippen LogP contribution in [0.25, 0.3) is 0 Å². The van der Waals surface area contributed by atoms with Crippen LogP contribution in [0, 0.1) is 11.8 Å². The number of anilines is 1. The molecule has 0 spiro atoms. The number of pyridine rings is 1. The van der Waals surface area contributed by atoms with Crippen molar-refractivity contribution in [1.29, 1.82) is 0 Å². The Bertz CT molecular complexity index is 899. The molecule has 0 aliphatic carbocycles. The number of nitrogens with zero attached hydrogens (tertiary/aromatic N) is 1. The number of halogens is 2. The minimum atomic E-state index is -0.734. The molecule has 2 aromatic heterocycles. The van der Waals surface area contributed by atoms with E-state index < -0.39 is 6.03 Å². The van der Waals surface area contributed by atoms with Crippen molar-refractivity contribution < 1.29 is 9.59 Å². The van der Waals surface area contributed by atoms with E-state index >= 15 is 0 Å². The molecule has 0 saturated carbocycles. The summed E-state index contributed by atoms with van der Waals surface area (Å²) in [5, 5.41) is 9.12. The number of aromatic nitrogens is 1. The van der Waals surface area contributed by atoms with Crippen LogP contribution >= 0.6 is 35.3 Å². The topological polar surface area (TPSA) is 109 Å².